The monoisotopic (exact) mass is 324 g/mol. The number of benzene rings is 1. The van der Waals surface area contributed by atoms with Crippen LogP contribution in [0.3, 0.4) is 0 Å². The van der Waals surface area contributed by atoms with E-state index in [1.807, 2.05) is 0 Å². The smallest absolute Gasteiger partial charge is 0.387 e. The van der Waals surface area contributed by atoms with Crippen molar-refractivity contribution in [2.75, 3.05) is 7.11 Å². The van der Waals surface area contributed by atoms with Crippen molar-refractivity contribution < 1.29 is 23.0 Å². The van der Waals surface area contributed by atoms with E-state index in [0.29, 0.717) is 5.56 Å². The minimum atomic E-state index is -2.94. The van der Waals surface area contributed by atoms with Crippen LogP contribution in [0.5, 0.6) is 11.5 Å². The molecule has 0 saturated heterocycles. The van der Waals surface area contributed by atoms with E-state index >= 15 is 0 Å². The molecule has 0 aromatic heterocycles. The highest BCUT2D eigenvalue weighted by Crippen LogP contribution is 2.29. The number of carbonyl (C=O) groups excluding carboxylic acids is 1. The van der Waals surface area contributed by atoms with E-state index in [9.17, 15) is 13.6 Å². The molecule has 21 heavy (non-hydrogen) atoms. The molecular formula is C13H19ClF2N2O3. The van der Waals surface area contributed by atoms with Crippen LogP contribution in [0.2, 0.25) is 0 Å². The van der Waals surface area contributed by atoms with Crippen LogP contribution in [0.25, 0.3) is 0 Å². The maximum absolute atomic E-state index is 12.3. The summed E-state index contributed by atoms with van der Waals surface area (Å²) in [5.74, 6) is -0.0652. The highest BCUT2D eigenvalue weighted by molar-refractivity contribution is 5.85. The molecule has 120 valence electrons. The number of carbonyl (C=O) groups is 1. The van der Waals surface area contributed by atoms with Gasteiger partial charge in [0.2, 0.25) is 5.91 Å². The molecule has 1 rings (SSSR count). The van der Waals surface area contributed by atoms with Crippen LogP contribution in [0.15, 0.2) is 18.2 Å². The lowest BCUT2D eigenvalue weighted by Crippen LogP contribution is -2.29. The summed E-state index contributed by atoms with van der Waals surface area (Å²) in [4.78, 5) is 11.4. The third-order valence-corrected chi connectivity index (χ3v) is 2.44. The fourth-order valence-electron chi connectivity index (χ4n) is 1.58. The van der Waals surface area contributed by atoms with Crippen molar-refractivity contribution in [2.24, 2.45) is 5.73 Å². The van der Waals surface area contributed by atoms with Crippen LogP contribution in [-0.4, -0.2) is 25.7 Å². The van der Waals surface area contributed by atoms with E-state index in [2.05, 4.69) is 10.1 Å². The van der Waals surface area contributed by atoms with Crippen molar-refractivity contribution in [3.05, 3.63) is 23.8 Å². The van der Waals surface area contributed by atoms with E-state index in [4.69, 9.17) is 10.5 Å². The molecule has 0 radical (unpaired) electrons. The number of rotatable bonds is 7. The second-order valence-corrected chi connectivity index (χ2v) is 4.32. The highest BCUT2D eigenvalue weighted by Gasteiger charge is 2.12. The molecule has 1 amide bonds. The molecule has 8 heteroatoms. The summed E-state index contributed by atoms with van der Waals surface area (Å²) in [6.07, 6.45) is 0.205. The summed E-state index contributed by atoms with van der Waals surface area (Å²) in [5.41, 5.74) is 6.12. The van der Waals surface area contributed by atoms with Gasteiger partial charge in [0.05, 0.1) is 7.11 Å². The van der Waals surface area contributed by atoms with Crippen molar-refractivity contribution in [3.8, 4) is 11.5 Å². The molecule has 0 saturated carbocycles. The van der Waals surface area contributed by atoms with E-state index < -0.39 is 6.61 Å². The maximum atomic E-state index is 12.3. The van der Waals surface area contributed by atoms with Gasteiger partial charge in [-0.05, 0) is 24.6 Å². The van der Waals surface area contributed by atoms with Crippen LogP contribution in [0.1, 0.15) is 18.9 Å². The number of nitrogens with one attached hydrogen (secondary N) is 1. The fourth-order valence-corrected chi connectivity index (χ4v) is 1.58. The fraction of sp³-hybridized carbons (Fsp3) is 0.462. The zero-order chi connectivity index (χ0) is 15.1. The Morgan fingerprint density at radius 2 is 2.05 bits per heavy atom. The molecule has 0 spiro atoms. The molecule has 1 aromatic carbocycles. The molecule has 0 heterocycles. The Balaban J connectivity index is 0.00000400. The second kappa shape index (κ2) is 9.36. The van der Waals surface area contributed by atoms with Gasteiger partial charge in [0.15, 0.2) is 11.5 Å². The van der Waals surface area contributed by atoms with Crippen molar-refractivity contribution in [2.45, 2.75) is 32.5 Å². The van der Waals surface area contributed by atoms with Crippen molar-refractivity contribution in [1.82, 2.24) is 5.32 Å². The van der Waals surface area contributed by atoms with E-state index in [1.54, 1.807) is 13.0 Å². The largest absolute Gasteiger partial charge is 0.493 e. The normalized spacial score (nSPS) is 11.5. The molecule has 0 aliphatic rings. The number of hydrogen-bond acceptors (Lipinski definition) is 4. The Morgan fingerprint density at radius 3 is 2.57 bits per heavy atom. The van der Waals surface area contributed by atoms with Gasteiger partial charge in [0, 0.05) is 19.0 Å². The van der Waals surface area contributed by atoms with E-state index in [-0.39, 0.29) is 48.8 Å². The van der Waals surface area contributed by atoms with Gasteiger partial charge in [-0.25, -0.2) is 0 Å². The number of alkyl halides is 2. The summed E-state index contributed by atoms with van der Waals surface area (Å²) in [6, 6.07) is 4.33. The highest BCUT2D eigenvalue weighted by atomic mass is 35.5. The van der Waals surface area contributed by atoms with Crippen LogP contribution >= 0.6 is 12.4 Å². The lowest BCUT2D eigenvalue weighted by Gasteiger charge is -2.12. The van der Waals surface area contributed by atoms with Gasteiger partial charge in [-0.15, -0.1) is 12.4 Å². The average Bonchev–Trinajstić information content (AvgIpc) is 2.35. The quantitative estimate of drug-likeness (QED) is 0.805. The number of nitrogens with two attached hydrogens (primary N) is 1. The first kappa shape index (κ1) is 19.4. The number of halogens is 3. The SMILES string of the molecule is COc1ccc(CNC(=O)CC(C)N)cc1OC(F)F.Cl. The average molecular weight is 325 g/mol. The third-order valence-electron chi connectivity index (χ3n) is 2.44. The Kier molecular flexibility index (Phi) is 8.64. The van der Waals surface area contributed by atoms with Gasteiger partial charge >= 0.3 is 6.61 Å². The summed E-state index contributed by atoms with van der Waals surface area (Å²) >= 11 is 0. The van der Waals surface area contributed by atoms with Gasteiger partial charge in [0.25, 0.3) is 0 Å². The Hall–Kier alpha value is -1.60. The van der Waals surface area contributed by atoms with Crippen molar-refractivity contribution >= 4 is 18.3 Å². The zero-order valence-electron chi connectivity index (χ0n) is 11.8. The van der Waals surface area contributed by atoms with Gasteiger partial charge in [0.1, 0.15) is 0 Å². The minimum absolute atomic E-state index is 0. The Morgan fingerprint density at radius 1 is 1.38 bits per heavy atom. The number of hydrogen-bond donors (Lipinski definition) is 2. The van der Waals surface area contributed by atoms with Gasteiger partial charge in [-0.1, -0.05) is 6.07 Å². The molecular weight excluding hydrogens is 306 g/mol. The molecule has 1 aromatic rings. The number of amides is 1. The van der Waals surface area contributed by atoms with Crippen molar-refractivity contribution in [1.29, 1.82) is 0 Å². The Bertz CT molecular complexity index is 459. The molecule has 0 aliphatic carbocycles. The number of methoxy groups -OCH3 is 1. The van der Waals surface area contributed by atoms with Crippen molar-refractivity contribution in [3.63, 3.8) is 0 Å². The zero-order valence-corrected chi connectivity index (χ0v) is 12.6. The first-order valence-corrected chi connectivity index (χ1v) is 6.06. The Labute approximate surface area is 128 Å². The van der Waals surface area contributed by atoms with Gasteiger partial charge in [-0.3, -0.25) is 4.79 Å². The minimum Gasteiger partial charge on any atom is -0.493 e. The summed E-state index contributed by atoms with van der Waals surface area (Å²) in [5, 5.41) is 2.65. The van der Waals surface area contributed by atoms with Crippen LogP contribution in [-0.2, 0) is 11.3 Å². The topological polar surface area (TPSA) is 73.6 Å². The van der Waals surface area contributed by atoms with E-state index in [1.165, 1.54) is 19.2 Å². The summed E-state index contributed by atoms with van der Waals surface area (Å²) < 4.78 is 33.8. The lowest BCUT2D eigenvalue weighted by atomic mass is 10.2. The maximum Gasteiger partial charge on any atom is 0.387 e. The molecule has 0 fully saturated rings. The standard InChI is InChI=1S/C13H18F2N2O3.ClH/c1-8(16)5-12(18)17-7-9-3-4-10(19-2)11(6-9)20-13(14)15;/h3-4,6,8,13H,5,7,16H2,1-2H3,(H,17,18);1H. The molecule has 3 N–H and O–H groups in total. The third kappa shape index (κ3) is 7.10. The molecule has 1 unspecified atom stereocenters. The molecule has 5 nitrogen and oxygen atoms in total. The van der Waals surface area contributed by atoms with Crippen LogP contribution < -0.4 is 20.5 Å². The van der Waals surface area contributed by atoms with Crippen LogP contribution in [0, 0.1) is 0 Å². The second-order valence-electron chi connectivity index (χ2n) is 4.32. The first-order valence-electron chi connectivity index (χ1n) is 6.06. The molecule has 1 atom stereocenters. The van der Waals surface area contributed by atoms with Crippen LogP contribution in [0.4, 0.5) is 8.78 Å². The molecule has 0 aliphatic heterocycles. The number of ether oxygens (including phenoxy) is 2. The summed E-state index contributed by atoms with van der Waals surface area (Å²) in [7, 11) is 1.36. The van der Waals surface area contributed by atoms with Gasteiger partial charge in [-0.2, -0.15) is 8.78 Å². The lowest BCUT2D eigenvalue weighted by molar-refractivity contribution is -0.121. The van der Waals surface area contributed by atoms with Gasteiger partial charge < -0.3 is 20.5 Å². The predicted molar refractivity (Wildman–Crippen MR) is 77.0 cm³/mol. The molecule has 0 bridgehead atoms. The first-order chi connectivity index (χ1) is 9.42. The predicted octanol–water partition coefficient (Wildman–Crippen LogP) is 2.07. The summed E-state index contributed by atoms with van der Waals surface area (Å²) in [6.45, 7) is -1.01. The van der Waals surface area contributed by atoms with E-state index in [0.717, 1.165) is 0 Å².